The van der Waals surface area contributed by atoms with Gasteiger partial charge in [0.15, 0.2) is 0 Å². The van der Waals surface area contributed by atoms with Gasteiger partial charge in [0.25, 0.3) is 15.9 Å². The number of halogens is 1. The van der Waals surface area contributed by atoms with Crippen molar-refractivity contribution in [3.8, 4) is 0 Å². The average Bonchev–Trinajstić information content (AvgIpc) is 2.71. The highest BCUT2D eigenvalue weighted by atomic mass is 32.2. The van der Waals surface area contributed by atoms with Crippen LogP contribution in [-0.4, -0.2) is 21.4 Å². The van der Waals surface area contributed by atoms with E-state index < -0.39 is 21.7 Å². The number of anilines is 2. The Balaban J connectivity index is 1.89. The van der Waals surface area contributed by atoms with Crippen LogP contribution in [0.15, 0.2) is 71.6 Å². The van der Waals surface area contributed by atoms with Crippen molar-refractivity contribution in [3.05, 3.63) is 89.2 Å². The summed E-state index contributed by atoms with van der Waals surface area (Å²) in [6, 6.07) is 16.7. The molecule has 3 rings (SSSR count). The van der Waals surface area contributed by atoms with Gasteiger partial charge in [-0.05, 0) is 73.5 Å². The lowest BCUT2D eigenvalue weighted by molar-refractivity contribution is 0.102. The predicted molar refractivity (Wildman–Crippen MR) is 112 cm³/mol. The molecular formula is C22H21FN2O3S. The van der Waals surface area contributed by atoms with Crippen LogP contribution < -0.4 is 9.62 Å². The molecule has 0 bridgehead atoms. The number of hydrogen-bond donors (Lipinski definition) is 1. The molecule has 7 heteroatoms. The van der Waals surface area contributed by atoms with Crippen molar-refractivity contribution in [2.75, 3.05) is 16.7 Å². The number of carbonyl (C=O) groups excluding carboxylic acids is 1. The summed E-state index contributed by atoms with van der Waals surface area (Å²) in [6.07, 6.45) is 0. The Hall–Kier alpha value is -3.19. The molecule has 0 atom stereocenters. The zero-order chi connectivity index (χ0) is 21.2. The van der Waals surface area contributed by atoms with Crippen molar-refractivity contribution in [2.24, 2.45) is 0 Å². The molecule has 1 amide bonds. The summed E-state index contributed by atoms with van der Waals surface area (Å²) in [6.45, 7) is 3.81. The van der Waals surface area contributed by atoms with Crippen LogP contribution in [0.3, 0.4) is 0 Å². The van der Waals surface area contributed by atoms with Gasteiger partial charge in [0.05, 0.1) is 10.6 Å². The molecule has 29 heavy (non-hydrogen) atoms. The van der Waals surface area contributed by atoms with E-state index in [1.165, 1.54) is 49.5 Å². The first kappa shape index (κ1) is 20.5. The van der Waals surface area contributed by atoms with Crippen LogP contribution in [0.25, 0.3) is 0 Å². The van der Waals surface area contributed by atoms with Gasteiger partial charge < -0.3 is 5.32 Å². The SMILES string of the molecule is Cc1ccc(C)c(NC(=O)c2cccc(S(=O)(=O)N(C)c3ccc(F)cc3)c2)c1. The number of hydrogen-bond acceptors (Lipinski definition) is 3. The van der Waals surface area contributed by atoms with Crippen molar-refractivity contribution in [1.82, 2.24) is 0 Å². The van der Waals surface area contributed by atoms with Crippen LogP contribution >= 0.6 is 0 Å². The van der Waals surface area contributed by atoms with Gasteiger partial charge in [-0.25, -0.2) is 12.8 Å². The molecule has 0 aliphatic rings. The average molecular weight is 412 g/mol. The molecule has 0 spiro atoms. The number of benzene rings is 3. The van der Waals surface area contributed by atoms with E-state index in [2.05, 4.69) is 5.32 Å². The highest BCUT2D eigenvalue weighted by Gasteiger charge is 2.22. The second-order valence-electron chi connectivity index (χ2n) is 6.75. The van der Waals surface area contributed by atoms with Crippen LogP contribution in [-0.2, 0) is 10.0 Å². The quantitative estimate of drug-likeness (QED) is 0.670. The maximum absolute atomic E-state index is 13.1. The van der Waals surface area contributed by atoms with Crippen LogP contribution in [0.5, 0.6) is 0 Å². The molecule has 3 aromatic carbocycles. The monoisotopic (exact) mass is 412 g/mol. The number of rotatable bonds is 5. The predicted octanol–water partition coefficient (Wildman–Crippen LogP) is 4.52. The van der Waals surface area contributed by atoms with Gasteiger partial charge in [-0.15, -0.1) is 0 Å². The van der Waals surface area contributed by atoms with Crippen LogP contribution in [0.2, 0.25) is 0 Å². The fourth-order valence-corrected chi connectivity index (χ4v) is 4.05. The molecule has 0 heterocycles. The number of aryl methyl sites for hydroxylation is 2. The number of nitrogens with zero attached hydrogens (tertiary/aromatic N) is 1. The Morgan fingerprint density at radius 3 is 2.34 bits per heavy atom. The molecule has 0 fully saturated rings. The number of nitrogens with one attached hydrogen (secondary N) is 1. The van der Waals surface area contributed by atoms with Crippen molar-refractivity contribution in [3.63, 3.8) is 0 Å². The Morgan fingerprint density at radius 2 is 1.66 bits per heavy atom. The fourth-order valence-electron chi connectivity index (χ4n) is 2.81. The molecular weight excluding hydrogens is 391 g/mol. The standard InChI is InChI=1S/C22H21FN2O3S/c1-15-7-8-16(2)21(13-15)24-22(26)17-5-4-6-20(14-17)29(27,28)25(3)19-11-9-18(23)10-12-19/h4-14H,1-3H3,(H,24,26). The minimum absolute atomic E-state index is 0.0297. The topological polar surface area (TPSA) is 66.5 Å². The van der Waals surface area contributed by atoms with Crippen molar-refractivity contribution in [2.45, 2.75) is 18.7 Å². The summed E-state index contributed by atoms with van der Waals surface area (Å²) in [5, 5.41) is 2.82. The first-order chi connectivity index (χ1) is 13.7. The third kappa shape index (κ3) is 4.46. The zero-order valence-electron chi connectivity index (χ0n) is 16.3. The summed E-state index contributed by atoms with van der Waals surface area (Å²) in [4.78, 5) is 12.6. The van der Waals surface area contributed by atoms with E-state index in [4.69, 9.17) is 0 Å². The maximum Gasteiger partial charge on any atom is 0.264 e. The molecule has 0 radical (unpaired) electrons. The third-order valence-corrected chi connectivity index (χ3v) is 6.37. The molecule has 3 aromatic rings. The van der Waals surface area contributed by atoms with Gasteiger partial charge in [0, 0.05) is 18.3 Å². The Labute approximate surface area is 169 Å². The van der Waals surface area contributed by atoms with Crippen LogP contribution in [0.4, 0.5) is 15.8 Å². The molecule has 0 saturated carbocycles. The van der Waals surface area contributed by atoms with Gasteiger partial charge in [0.1, 0.15) is 5.82 Å². The highest BCUT2D eigenvalue weighted by Crippen LogP contribution is 2.24. The minimum Gasteiger partial charge on any atom is -0.322 e. The lowest BCUT2D eigenvalue weighted by Gasteiger charge is -2.20. The first-order valence-electron chi connectivity index (χ1n) is 8.91. The maximum atomic E-state index is 13.1. The van der Waals surface area contributed by atoms with E-state index in [9.17, 15) is 17.6 Å². The van der Waals surface area contributed by atoms with Gasteiger partial charge in [-0.2, -0.15) is 0 Å². The normalized spacial score (nSPS) is 11.2. The summed E-state index contributed by atoms with van der Waals surface area (Å²) in [5.74, 6) is -0.857. The van der Waals surface area contributed by atoms with Crippen LogP contribution in [0.1, 0.15) is 21.5 Å². The Bertz CT molecular complexity index is 1160. The number of carbonyl (C=O) groups is 1. The van der Waals surface area contributed by atoms with E-state index in [0.717, 1.165) is 15.4 Å². The fraction of sp³-hybridized carbons (Fsp3) is 0.136. The van der Waals surface area contributed by atoms with Crippen molar-refractivity contribution < 1.29 is 17.6 Å². The number of sulfonamides is 1. The number of amides is 1. The van der Waals surface area contributed by atoms with E-state index in [1.807, 2.05) is 32.0 Å². The molecule has 5 nitrogen and oxygen atoms in total. The van der Waals surface area contributed by atoms with Gasteiger partial charge in [-0.3, -0.25) is 9.10 Å². The van der Waals surface area contributed by atoms with Crippen LogP contribution in [0, 0.1) is 19.7 Å². The van der Waals surface area contributed by atoms with Gasteiger partial charge >= 0.3 is 0 Å². The second kappa shape index (κ2) is 8.05. The summed E-state index contributed by atoms with van der Waals surface area (Å²) < 4.78 is 40.1. The summed E-state index contributed by atoms with van der Waals surface area (Å²) in [7, 11) is -2.54. The molecule has 1 N–H and O–H groups in total. The molecule has 0 unspecified atom stereocenters. The molecule has 0 aromatic heterocycles. The van der Waals surface area contributed by atoms with Crippen molar-refractivity contribution in [1.29, 1.82) is 0 Å². The Morgan fingerprint density at radius 1 is 0.966 bits per heavy atom. The third-order valence-electron chi connectivity index (χ3n) is 4.59. The lowest BCUT2D eigenvalue weighted by atomic mass is 10.1. The summed E-state index contributed by atoms with van der Waals surface area (Å²) >= 11 is 0. The lowest BCUT2D eigenvalue weighted by Crippen LogP contribution is -2.27. The van der Waals surface area contributed by atoms with Crippen molar-refractivity contribution >= 4 is 27.3 Å². The molecule has 0 aliphatic heterocycles. The van der Waals surface area contributed by atoms with E-state index in [0.29, 0.717) is 11.4 Å². The zero-order valence-corrected chi connectivity index (χ0v) is 17.1. The van der Waals surface area contributed by atoms with E-state index in [-0.39, 0.29) is 10.5 Å². The smallest absolute Gasteiger partial charge is 0.264 e. The van der Waals surface area contributed by atoms with Gasteiger partial charge in [-0.1, -0.05) is 18.2 Å². The molecule has 150 valence electrons. The summed E-state index contributed by atoms with van der Waals surface area (Å²) in [5.41, 5.74) is 3.12. The first-order valence-corrected chi connectivity index (χ1v) is 10.4. The Kier molecular flexibility index (Phi) is 5.70. The largest absolute Gasteiger partial charge is 0.322 e. The minimum atomic E-state index is -3.92. The molecule has 0 aliphatic carbocycles. The van der Waals surface area contributed by atoms with Gasteiger partial charge in [0.2, 0.25) is 0 Å². The van der Waals surface area contributed by atoms with E-state index in [1.54, 1.807) is 6.07 Å². The second-order valence-corrected chi connectivity index (χ2v) is 8.72. The molecule has 0 saturated heterocycles. The van der Waals surface area contributed by atoms with E-state index >= 15 is 0 Å². The highest BCUT2D eigenvalue weighted by molar-refractivity contribution is 7.92.